The van der Waals surface area contributed by atoms with Crippen molar-refractivity contribution in [1.29, 1.82) is 0 Å². The minimum Gasteiger partial charge on any atom is -0.486 e. The van der Waals surface area contributed by atoms with Gasteiger partial charge in [0.15, 0.2) is 17.3 Å². The maximum absolute atomic E-state index is 13.7. The van der Waals surface area contributed by atoms with E-state index >= 15 is 0 Å². The molecule has 1 aromatic heterocycles. The zero-order chi connectivity index (χ0) is 26.1. The second-order valence-electron chi connectivity index (χ2n) is 7.39. The number of ether oxygens (including phenoxy) is 1. The molecule has 0 saturated heterocycles. The van der Waals surface area contributed by atoms with E-state index in [1.807, 2.05) is 12.1 Å². The molecule has 0 aliphatic heterocycles. The van der Waals surface area contributed by atoms with E-state index in [0.717, 1.165) is 11.6 Å². The molecule has 0 amide bonds. The Kier molecular flexibility index (Phi) is 9.45. The molecule has 0 unspecified atom stereocenters. The Morgan fingerprint density at radius 1 is 1.14 bits per heavy atom. The molecule has 3 rings (SSSR count). The first-order valence-corrected chi connectivity index (χ1v) is 12.0. The summed E-state index contributed by atoms with van der Waals surface area (Å²) < 4.78 is 65.6. The van der Waals surface area contributed by atoms with E-state index in [-0.39, 0.29) is 19.9 Å². The Bertz CT molecular complexity index is 1270. The predicted molar refractivity (Wildman–Crippen MR) is 124 cm³/mol. The summed E-state index contributed by atoms with van der Waals surface area (Å²) in [6.45, 7) is -0.292. The molecule has 0 radical (unpaired) electrons. The van der Waals surface area contributed by atoms with Crippen LogP contribution in [0.25, 0.3) is 5.57 Å². The lowest BCUT2D eigenvalue weighted by Crippen LogP contribution is -2.09. The van der Waals surface area contributed by atoms with Gasteiger partial charge in [-0.25, -0.2) is 13.3 Å². The zero-order valence-corrected chi connectivity index (χ0v) is 19.6. The SMILES string of the molecule is NC/C(=C\C=C/NCOP(=O)(O)O)c1cc(Cc2ccc(COc3cc(F)cc(F)c3F)cc2)no1. The standard InChI is InChI=1S/C23H23F3N3O6P/c24-18-9-20(25)23(26)22(10-18)33-13-16-5-3-15(4-6-16)8-19-11-21(35-29-19)17(12-27)2-1-7-28-14-34-36(30,31)32/h1-7,9-11,28H,8,12-14,27H2,(H2,30,31,32)/b7-1-,17-2+. The normalized spacial score (nSPS) is 12.3. The number of nitrogens with two attached hydrogens (primary N) is 1. The Hall–Kier alpha value is -3.41. The summed E-state index contributed by atoms with van der Waals surface area (Å²) in [5, 5.41) is 6.59. The van der Waals surface area contributed by atoms with Gasteiger partial charge in [-0.2, -0.15) is 4.39 Å². The topological polar surface area (TPSA) is 140 Å². The van der Waals surface area contributed by atoms with Gasteiger partial charge in [0.05, 0.1) is 5.69 Å². The third kappa shape index (κ3) is 8.36. The minimum absolute atomic E-state index is 0.0767. The minimum atomic E-state index is -4.54. The maximum Gasteiger partial charge on any atom is 0.471 e. The van der Waals surface area contributed by atoms with Gasteiger partial charge in [0, 0.05) is 36.7 Å². The lowest BCUT2D eigenvalue weighted by molar-refractivity contribution is 0.191. The predicted octanol–water partition coefficient (Wildman–Crippen LogP) is 3.77. The fraction of sp³-hybridized carbons (Fsp3) is 0.174. The second-order valence-corrected chi connectivity index (χ2v) is 8.63. The monoisotopic (exact) mass is 525 g/mol. The summed E-state index contributed by atoms with van der Waals surface area (Å²) in [7, 11) is -4.54. The van der Waals surface area contributed by atoms with Gasteiger partial charge in [0.2, 0.25) is 5.82 Å². The van der Waals surface area contributed by atoms with Crippen LogP contribution in [0.3, 0.4) is 0 Å². The van der Waals surface area contributed by atoms with Gasteiger partial charge >= 0.3 is 7.82 Å². The lowest BCUT2D eigenvalue weighted by atomic mass is 10.1. The van der Waals surface area contributed by atoms with Crippen molar-refractivity contribution in [3.63, 3.8) is 0 Å². The highest BCUT2D eigenvalue weighted by Crippen LogP contribution is 2.34. The van der Waals surface area contributed by atoms with E-state index in [1.54, 1.807) is 30.4 Å². The molecule has 9 nitrogen and oxygen atoms in total. The second kappa shape index (κ2) is 12.5. The van der Waals surface area contributed by atoms with Crippen LogP contribution in [0.5, 0.6) is 5.75 Å². The molecule has 3 aromatic rings. The van der Waals surface area contributed by atoms with Crippen molar-refractivity contribution < 1.29 is 41.3 Å². The number of nitrogens with one attached hydrogen (secondary N) is 1. The molecule has 0 fully saturated rings. The molecule has 0 spiro atoms. The number of rotatable bonds is 12. The first kappa shape index (κ1) is 27.2. The number of benzene rings is 2. The number of allylic oxidation sites excluding steroid dienone is 2. The highest BCUT2D eigenvalue weighted by atomic mass is 31.2. The first-order chi connectivity index (χ1) is 17.1. The molecule has 1 heterocycles. The van der Waals surface area contributed by atoms with E-state index in [2.05, 4.69) is 15.0 Å². The average Bonchev–Trinajstić information content (AvgIpc) is 3.28. The molecule has 36 heavy (non-hydrogen) atoms. The van der Waals surface area contributed by atoms with Crippen molar-refractivity contribution in [1.82, 2.24) is 10.5 Å². The van der Waals surface area contributed by atoms with Crippen LogP contribution in [0.4, 0.5) is 13.2 Å². The molecular weight excluding hydrogens is 502 g/mol. The van der Waals surface area contributed by atoms with Crippen molar-refractivity contribution in [3.8, 4) is 5.75 Å². The molecule has 0 saturated carbocycles. The third-order valence-corrected chi connectivity index (χ3v) is 5.15. The van der Waals surface area contributed by atoms with Crippen LogP contribution in [0.15, 0.2) is 65.3 Å². The number of halogens is 3. The van der Waals surface area contributed by atoms with E-state index in [9.17, 15) is 17.7 Å². The van der Waals surface area contributed by atoms with Crippen LogP contribution < -0.4 is 15.8 Å². The highest BCUT2D eigenvalue weighted by molar-refractivity contribution is 7.46. The fourth-order valence-electron chi connectivity index (χ4n) is 2.96. The van der Waals surface area contributed by atoms with Gasteiger partial charge in [-0.15, -0.1) is 0 Å². The zero-order valence-electron chi connectivity index (χ0n) is 18.7. The van der Waals surface area contributed by atoms with Crippen molar-refractivity contribution in [2.45, 2.75) is 13.0 Å². The van der Waals surface area contributed by atoms with Crippen molar-refractivity contribution in [2.75, 3.05) is 13.3 Å². The molecule has 0 aliphatic rings. The number of nitrogens with zero attached hydrogens (tertiary/aromatic N) is 1. The van der Waals surface area contributed by atoms with Crippen molar-refractivity contribution in [2.24, 2.45) is 5.73 Å². The maximum atomic E-state index is 13.7. The summed E-state index contributed by atoms with van der Waals surface area (Å²) in [5.41, 5.74) is 8.61. The van der Waals surface area contributed by atoms with Crippen LogP contribution in [0.1, 0.15) is 22.6 Å². The molecule has 13 heteroatoms. The van der Waals surface area contributed by atoms with Crippen LogP contribution in [0, 0.1) is 17.5 Å². The smallest absolute Gasteiger partial charge is 0.471 e. The van der Waals surface area contributed by atoms with Gasteiger partial charge in [-0.05, 0) is 23.4 Å². The molecule has 0 aliphatic carbocycles. The number of phosphoric acid groups is 1. The van der Waals surface area contributed by atoms with E-state index in [0.29, 0.717) is 35.1 Å². The summed E-state index contributed by atoms with van der Waals surface area (Å²) in [5.74, 6) is -3.55. The first-order valence-electron chi connectivity index (χ1n) is 10.4. The number of phosphoric ester groups is 1. The molecule has 192 valence electrons. The fourth-order valence-corrected chi connectivity index (χ4v) is 3.20. The summed E-state index contributed by atoms with van der Waals surface area (Å²) >= 11 is 0. The van der Waals surface area contributed by atoms with Crippen molar-refractivity contribution >= 4 is 13.4 Å². The Balaban J connectivity index is 1.55. The van der Waals surface area contributed by atoms with Gasteiger partial charge < -0.3 is 30.1 Å². The van der Waals surface area contributed by atoms with Gasteiger partial charge in [-0.3, -0.25) is 4.52 Å². The Labute approximate surface area is 204 Å². The third-order valence-electron chi connectivity index (χ3n) is 4.69. The Morgan fingerprint density at radius 3 is 2.56 bits per heavy atom. The number of aromatic nitrogens is 1. The summed E-state index contributed by atoms with van der Waals surface area (Å²) in [6, 6.07) is 10.1. The van der Waals surface area contributed by atoms with Gasteiger partial charge in [0.1, 0.15) is 19.2 Å². The van der Waals surface area contributed by atoms with Crippen LogP contribution in [0.2, 0.25) is 0 Å². The average molecular weight is 525 g/mol. The molecule has 0 bridgehead atoms. The Morgan fingerprint density at radius 2 is 1.86 bits per heavy atom. The van der Waals surface area contributed by atoms with Crippen LogP contribution >= 0.6 is 7.82 Å². The van der Waals surface area contributed by atoms with Gasteiger partial charge in [0.25, 0.3) is 0 Å². The van der Waals surface area contributed by atoms with Gasteiger partial charge in [-0.1, -0.05) is 35.5 Å². The van der Waals surface area contributed by atoms with E-state index in [1.165, 1.54) is 6.20 Å². The quantitative estimate of drug-likeness (QED) is 0.0915. The summed E-state index contributed by atoms with van der Waals surface area (Å²) in [4.78, 5) is 17.2. The summed E-state index contributed by atoms with van der Waals surface area (Å²) in [6.07, 6.45) is 5.09. The van der Waals surface area contributed by atoms with E-state index in [4.69, 9.17) is 24.8 Å². The molecule has 5 N–H and O–H groups in total. The molecule has 0 atom stereocenters. The highest BCUT2D eigenvalue weighted by Gasteiger charge is 2.13. The molecule has 2 aromatic carbocycles. The number of hydrogen-bond acceptors (Lipinski definition) is 7. The van der Waals surface area contributed by atoms with Crippen LogP contribution in [-0.4, -0.2) is 28.2 Å². The largest absolute Gasteiger partial charge is 0.486 e. The molecular formula is C23H23F3N3O6P. The van der Waals surface area contributed by atoms with E-state index < -0.39 is 31.0 Å². The number of hydrogen-bond donors (Lipinski definition) is 4. The lowest BCUT2D eigenvalue weighted by Gasteiger charge is -2.08. The van der Waals surface area contributed by atoms with Crippen molar-refractivity contribution in [3.05, 3.63) is 101 Å². The van der Waals surface area contributed by atoms with Crippen LogP contribution in [-0.2, 0) is 22.1 Å².